The van der Waals surface area contributed by atoms with Gasteiger partial charge in [0.25, 0.3) is 0 Å². The Morgan fingerprint density at radius 2 is 2.29 bits per heavy atom. The summed E-state index contributed by atoms with van der Waals surface area (Å²) >= 11 is 2.06. The number of aromatic nitrogens is 1. The molecule has 0 bridgehead atoms. The van der Waals surface area contributed by atoms with Gasteiger partial charge in [-0.05, 0) is 44.1 Å². The molecule has 1 aromatic rings. The molecule has 0 saturated carbocycles. The lowest BCUT2D eigenvalue weighted by Crippen LogP contribution is -2.40. The first-order valence-electron chi connectivity index (χ1n) is 7.33. The molecule has 0 amide bonds. The molecule has 0 radical (unpaired) electrons. The fraction of sp³-hybridized carbons (Fsp3) is 0.600. The first-order valence-corrected chi connectivity index (χ1v) is 8.38. The predicted octanol–water partition coefficient (Wildman–Crippen LogP) is 2.96. The maximum atomic E-state index is 4.62. The van der Waals surface area contributed by atoms with Crippen LogP contribution in [0, 0.1) is 6.92 Å². The minimum absolute atomic E-state index is 0. The molecule has 2 rings (SSSR count). The molecule has 2 heterocycles. The average molecular weight is 420 g/mol. The number of thioether (sulfide) groups is 1. The molecule has 1 aromatic heterocycles. The van der Waals surface area contributed by atoms with Gasteiger partial charge in [-0.3, -0.25) is 4.98 Å². The van der Waals surface area contributed by atoms with Crippen LogP contribution in [0.2, 0.25) is 0 Å². The van der Waals surface area contributed by atoms with Crippen molar-refractivity contribution < 1.29 is 0 Å². The Bertz CT molecular complexity index is 430. The molecular formula is C15H25IN4S. The molecule has 1 fully saturated rings. The van der Waals surface area contributed by atoms with Gasteiger partial charge >= 0.3 is 0 Å². The Kier molecular flexibility index (Phi) is 9.07. The molecule has 1 aliphatic heterocycles. The summed E-state index contributed by atoms with van der Waals surface area (Å²) in [6, 6.07) is 4.11. The van der Waals surface area contributed by atoms with Crippen molar-refractivity contribution in [1.82, 2.24) is 15.6 Å². The van der Waals surface area contributed by atoms with Crippen LogP contribution in [0.25, 0.3) is 0 Å². The van der Waals surface area contributed by atoms with Gasteiger partial charge in [-0.25, -0.2) is 4.99 Å². The van der Waals surface area contributed by atoms with Crippen LogP contribution in [-0.4, -0.2) is 35.0 Å². The number of aryl methyl sites for hydroxylation is 1. The van der Waals surface area contributed by atoms with E-state index in [1.165, 1.54) is 18.6 Å². The van der Waals surface area contributed by atoms with Crippen LogP contribution >= 0.6 is 35.7 Å². The molecule has 21 heavy (non-hydrogen) atoms. The van der Waals surface area contributed by atoms with Crippen molar-refractivity contribution in [3.05, 3.63) is 29.6 Å². The second kappa shape index (κ2) is 10.3. The lowest BCUT2D eigenvalue weighted by Gasteiger charge is -2.14. The predicted molar refractivity (Wildman–Crippen MR) is 103 cm³/mol. The molecule has 0 spiro atoms. The van der Waals surface area contributed by atoms with E-state index in [9.17, 15) is 0 Å². The molecule has 4 nitrogen and oxygen atoms in total. The molecule has 6 heteroatoms. The molecule has 118 valence electrons. The molecule has 0 aliphatic carbocycles. The minimum atomic E-state index is 0. The smallest absolute Gasteiger partial charge is 0.191 e. The van der Waals surface area contributed by atoms with Crippen LogP contribution in [0.1, 0.15) is 31.0 Å². The number of hydrogen-bond donors (Lipinski definition) is 2. The summed E-state index contributed by atoms with van der Waals surface area (Å²) in [7, 11) is 0. The summed E-state index contributed by atoms with van der Waals surface area (Å²) in [6.07, 6.45) is 4.56. The number of rotatable bonds is 5. The molecule has 1 unspecified atom stereocenters. The Labute approximate surface area is 149 Å². The molecule has 2 N–H and O–H groups in total. The molecule has 1 aliphatic rings. The van der Waals surface area contributed by atoms with Gasteiger partial charge in [-0.15, -0.1) is 24.0 Å². The zero-order valence-corrected chi connectivity index (χ0v) is 15.9. The summed E-state index contributed by atoms with van der Waals surface area (Å²) in [5.41, 5.74) is 2.18. The van der Waals surface area contributed by atoms with E-state index in [-0.39, 0.29) is 24.0 Å². The van der Waals surface area contributed by atoms with Gasteiger partial charge < -0.3 is 10.6 Å². The summed E-state index contributed by atoms with van der Waals surface area (Å²) in [6.45, 7) is 6.64. The largest absolute Gasteiger partial charge is 0.357 e. The normalized spacial score (nSPS) is 18.2. The minimum Gasteiger partial charge on any atom is -0.357 e. The third kappa shape index (κ3) is 6.86. The van der Waals surface area contributed by atoms with E-state index in [2.05, 4.69) is 45.4 Å². The van der Waals surface area contributed by atoms with Crippen LogP contribution in [0.4, 0.5) is 0 Å². The van der Waals surface area contributed by atoms with E-state index < -0.39 is 0 Å². The van der Waals surface area contributed by atoms with Crippen molar-refractivity contribution >= 4 is 41.7 Å². The van der Waals surface area contributed by atoms with Gasteiger partial charge in [0.15, 0.2) is 5.96 Å². The van der Waals surface area contributed by atoms with Crippen molar-refractivity contribution in [1.29, 1.82) is 0 Å². The van der Waals surface area contributed by atoms with Gasteiger partial charge in [0.05, 0.1) is 6.54 Å². The van der Waals surface area contributed by atoms with Crippen LogP contribution in [0.3, 0.4) is 0 Å². The highest BCUT2D eigenvalue weighted by Crippen LogP contribution is 2.25. The summed E-state index contributed by atoms with van der Waals surface area (Å²) in [5.74, 6) is 2.20. The number of nitrogens with one attached hydrogen (secondary N) is 2. The number of aliphatic imine (C=N–C) groups is 1. The third-order valence-electron chi connectivity index (χ3n) is 3.26. The number of nitrogens with zero attached hydrogens (tertiary/aromatic N) is 2. The highest BCUT2D eigenvalue weighted by molar-refractivity contribution is 14.0. The fourth-order valence-electron chi connectivity index (χ4n) is 2.12. The van der Waals surface area contributed by atoms with Crippen molar-refractivity contribution in [3.8, 4) is 0 Å². The van der Waals surface area contributed by atoms with Crippen molar-refractivity contribution in [3.63, 3.8) is 0 Å². The molecule has 1 atom stereocenters. The van der Waals surface area contributed by atoms with Crippen LogP contribution in [-0.2, 0) is 6.54 Å². The van der Waals surface area contributed by atoms with E-state index in [1.807, 2.05) is 19.2 Å². The van der Waals surface area contributed by atoms with E-state index in [0.717, 1.165) is 35.6 Å². The Morgan fingerprint density at radius 1 is 1.43 bits per heavy atom. The standard InChI is InChI=1S/C15H24N4S.HI/c1-3-16-15(19-11-14-5-4-8-20-14)18-10-13-7-6-12(2)17-9-13;/h6-7,9,14H,3-5,8,10-11H2,1-2H3,(H2,16,18,19);1H. The topological polar surface area (TPSA) is 49.3 Å². The maximum absolute atomic E-state index is 4.62. The third-order valence-corrected chi connectivity index (χ3v) is 4.66. The Morgan fingerprint density at radius 3 is 2.90 bits per heavy atom. The monoisotopic (exact) mass is 420 g/mol. The highest BCUT2D eigenvalue weighted by atomic mass is 127. The van der Waals surface area contributed by atoms with Crippen LogP contribution in [0.15, 0.2) is 23.3 Å². The molecular weight excluding hydrogens is 395 g/mol. The lowest BCUT2D eigenvalue weighted by molar-refractivity contribution is 0.727. The van der Waals surface area contributed by atoms with Gasteiger partial charge in [0, 0.05) is 30.2 Å². The Hall–Kier alpha value is -0.500. The summed E-state index contributed by atoms with van der Waals surface area (Å²) in [4.78, 5) is 8.92. The number of pyridine rings is 1. The first-order chi connectivity index (χ1) is 9.78. The number of halogens is 1. The zero-order valence-electron chi connectivity index (χ0n) is 12.8. The van der Waals surface area contributed by atoms with Crippen LogP contribution < -0.4 is 10.6 Å². The Balaban J connectivity index is 0.00000220. The van der Waals surface area contributed by atoms with Gasteiger partial charge in [0.1, 0.15) is 0 Å². The fourth-order valence-corrected chi connectivity index (χ4v) is 3.32. The number of hydrogen-bond acceptors (Lipinski definition) is 3. The van der Waals surface area contributed by atoms with Crippen molar-refractivity contribution in [2.75, 3.05) is 18.8 Å². The molecule has 0 aromatic carbocycles. The van der Waals surface area contributed by atoms with E-state index in [0.29, 0.717) is 6.54 Å². The SMILES string of the molecule is CCNC(=NCc1ccc(C)nc1)NCC1CCCS1.I. The zero-order chi connectivity index (χ0) is 14.2. The quantitative estimate of drug-likeness (QED) is 0.437. The van der Waals surface area contributed by atoms with Crippen molar-refractivity contribution in [2.45, 2.75) is 38.5 Å². The summed E-state index contributed by atoms with van der Waals surface area (Å²) < 4.78 is 0. The van der Waals surface area contributed by atoms with Crippen LogP contribution in [0.5, 0.6) is 0 Å². The van der Waals surface area contributed by atoms with E-state index in [4.69, 9.17) is 0 Å². The van der Waals surface area contributed by atoms with Gasteiger partial charge in [-0.1, -0.05) is 6.07 Å². The van der Waals surface area contributed by atoms with Gasteiger partial charge in [-0.2, -0.15) is 11.8 Å². The second-order valence-corrected chi connectivity index (χ2v) is 6.43. The van der Waals surface area contributed by atoms with Gasteiger partial charge in [0.2, 0.25) is 0 Å². The number of guanidine groups is 1. The van der Waals surface area contributed by atoms with E-state index >= 15 is 0 Å². The van der Waals surface area contributed by atoms with Crippen molar-refractivity contribution in [2.24, 2.45) is 4.99 Å². The molecule has 1 saturated heterocycles. The summed E-state index contributed by atoms with van der Waals surface area (Å²) in [5, 5.41) is 7.48. The average Bonchev–Trinajstić information content (AvgIpc) is 2.97. The maximum Gasteiger partial charge on any atom is 0.191 e. The lowest BCUT2D eigenvalue weighted by atomic mass is 10.2. The first kappa shape index (κ1) is 18.5. The highest BCUT2D eigenvalue weighted by Gasteiger charge is 2.15. The second-order valence-electron chi connectivity index (χ2n) is 5.02. The van der Waals surface area contributed by atoms with E-state index in [1.54, 1.807) is 0 Å².